The van der Waals surface area contributed by atoms with E-state index in [2.05, 4.69) is 15.6 Å². The molecule has 1 aromatic carbocycles. The van der Waals surface area contributed by atoms with E-state index in [9.17, 15) is 4.79 Å². The Bertz CT molecular complexity index is 734. The second-order valence-corrected chi connectivity index (χ2v) is 7.49. The standard InChI is InChI=1S/C21H34N4O4.HI/c1-22-20(24-14-21(9-7-8-10-21)19(26)25(2)3)23-13-15-11-17(28-5)18(29-6)12-16(15)27-4;/h11-12H,7-10,13-14H2,1-6H3,(H2,22,23,24);1H. The molecule has 1 fully saturated rings. The van der Waals surface area contributed by atoms with Crippen molar-refractivity contribution in [1.29, 1.82) is 0 Å². The molecule has 170 valence electrons. The molecule has 1 amide bonds. The highest BCUT2D eigenvalue weighted by Gasteiger charge is 2.42. The van der Waals surface area contributed by atoms with Crippen LogP contribution in [-0.4, -0.2) is 65.8 Å². The number of nitrogens with zero attached hydrogens (tertiary/aromatic N) is 2. The maximum Gasteiger partial charge on any atom is 0.230 e. The summed E-state index contributed by atoms with van der Waals surface area (Å²) in [4.78, 5) is 18.7. The Labute approximate surface area is 196 Å². The minimum atomic E-state index is -0.359. The van der Waals surface area contributed by atoms with Crippen LogP contribution in [0.5, 0.6) is 17.2 Å². The molecule has 0 heterocycles. The zero-order valence-electron chi connectivity index (χ0n) is 18.8. The van der Waals surface area contributed by atoms with Crippen LogP contribution in [0.4, 0.5) is 0 Å². The van der Waals surface area contributed by atoms with Gasteiger partial charge in [0.05, 0.1) is 26.7 Å². The van der Waals surface area contributed by atoms with E-state index in [1.807, 2.05) is 20.2 Å². The van der Waals surface area contributed by atoms with E-state index in [1.165, 1.54) is 0 Å². The quantitative estimate of drug-likeness (QED) is 0.303. The van der Waals surface area contributed by atoms with Crippen molar-refractivity contribution < 1.29 is 19.0 Å². The highest BCUT2D eigenvalue weighted by atomic mass is 127. The summed E-state index contributed by atoms with van der Waals surface area (Å²) in [5.74, 6) is 2.76. The van der Waals surface area contributed by atoms with Gasteiger partial charge in [0.15, 0.2) is 17.5 Å². The second kappa shape index (κ2) is 12.1. The second-order valence-electron chi connectivity index (χ2n) is 7.49. The molecule has 0 atom stereocenters. The molecule has 2 N–H and O–H groups in total. The predicted molar refractivity (Wildman–Crippen MR) is 129 cm³/mol. The summed E-state index contributed by atoms with van der Waals surface area (Å²) in [5, 5.41) is 6.64. The highest BCUT2D eigenvalue weighted by Crippen LogP contribution is 2.39. The van der Waals surface area contributed by atoms with Crippen LogP contribution in [0, 0.1) is 5.41 Å². The number of amides is 1. The Hall–Kier alpha value is -1.91. The van der Waals surface area contributed by atoms with Gasteiger partial charge in [-0.2, -0.15) is 0 Å². The number of hydrogen-bond donors (Lipinski definition) is 2. The van der Waals surface area contributed by atoms with Crippen LogP contribution in [0.3, 0.4) is 0 Å². The zero-order valence-corrected chi connectivity index (χ0v) is 21.2. The van der Waals surface area contributed by atoms with Crippen molar-refractivity contribution in [2.24, 2.45) is 10.4 Å². The minimum Gasteiger partial charge on any atom is -0.496 e. The molecule has 1 aromatic rings. The molecule has 0 unspecified atom stereocenters. The zero-order chi connectivity index (χ0) is 21.4. The SMILES string of the molecule is CN=C(NCc1cc(OC)c(OC)cc1OC)NCC1(C(=O)N(C)C)CCCC1.I. The van der Waals surface area contributed by atoms with Gasteiger partial charge in [-0.15, -0.1) is 24.0 Å². The molecule has 9 heteroatoms. The maximum absolute atomic E-state index is 12.7. The van der Waals surface area contributed by atoms with Crippen molar-refractivity contribution in [3.05, 3.63) is 17.7 Å². The van der Waals surface area contributed by atoms with Gasteiger partial charge in [-0.05, 0) is 18.9 Å². The maximum atomic E-state index is 12.7. The Balaban J connectivity index is 0.00000450. The fraction of sp³-hybridized carbons (Fsp3) is 0.619. The highest BCUT2D eigenvalue weighted by molar-refractivity contribution is 14.0. The first-order valence-corrected chi connectivity index (χ1v) is 9.86. The first-order valence-electron chi connectivity index (χ1n) is 9.86. The van der Waals surface area contributed by atoms with Crippen molar-refractivity contribution in [2.45, 2.75) is 32.2 Å². The summed E-state index contributed by atoms with van der Waals surface area (Å²) in [6, 6.07) is 3.68. The molecule has 0 aliphatic heterocycles. The summed E-state index contributed by atoms with van der Waals surface area (Å²) in [5.41, 5.74) is 0.551. The Morgan fingerprint density at radius 2 is 1.60 bits per heavy atom. The lowest BCUT2D eigenvalue weighted by atomic mass is 9.84. The molecular formula is C21H35IN4O4. The molecular weight excluding hydrogens is 499 g/mol. The third-order valence-electron chi connectivity index (χ3n) is 5.47. The van der Waals surface area contributed by atoms with Gasteiger partial charge in [-0.25, -0.2) is 0 Å². The minimum absolute atomic E-state index is 0. The van der Waals surface area contributed by atoms with E-state index in [1.54, 1.807) is 39.3 Å². The van der Waals surface area contributed by atoms with Crippen molar-refractivity contribution in [2.75, 3.05) is 49.0 Å². The van der Waals surface area contributed by atoms with Crippen molar-refractivity contribution in [1.82, 2.24) is 15.5 Å². The number of ether oxygens (including phenoxy) is 3. The van der Waals surface area contributed by atoms with E-state index < -0.39 is 0 Å². The van der Waals surface area contributed by atoms with Crippen LogP contribution >= 0.6 is 24.0 Å². The molecule has 1 saturated carbocycles. The summed E-state index contributed by atoms with van der Waals surface area (Å²) in [6.45, 7) is 1.05. The molecule has 1 aliphatic carbocycles. The van der Waals surface area contributed by atoms with Crippen molar-refractivity contribution in [3.8, 4) is 17.2 Å². The third kappa shape index (κ3) is 6.05. The van der Waals surface area contributed by atoms with Gasteiger partial charge >= 0.3 is 0 Å². The molecule has 30 heavy (non-hydrogen) atoms. The predicted octanol–water partition coefficient (Wildman–Crippen LogP) is 2.64. The first kappa shape index (κ1) is 26.1. The average Bonchev–Trinajstić information content (AvgIpc) is 3.22. The monoisotopic (exact) mass is 534 g/mol. The Morgan fingerprint density at radius 1 is 1.03 bits per heavy atom. The number of methoxy groups -OCH3 is 3. The number of nitrogens with one attached hydrogen (secondary N) is 2. The number of benzene rings is 1. The van der Waals surface area contributed by atoms with Gasteiger partial charge < -0.3 is 29.7 Å². The van der Waals surface area contributed by atoms with Crippen LogP contribution < -0.4 is 24.8 Å². The lowest BCUT2D eigenvalue weighted by Gasteiger charge is -2.31. The molecule has 8 nitrogen and oxygen atoms in total. The number of carbonyl (C=O) groups excluding carboxylic acids is 1. The lowest BCUT2D eigenvalue weighted by molar-refractivity contribution is -0.138. The van der Waals surface area contributed by atoms with E-state index >= 15 is 0 Å². The molecule has 0 spiro atoms. The molecule has 0 aromatic heterocycles. The van der Waals surface area contributed by atoms with Gasteiger partial charge in [0.2, 0.25) is 5.91 Å². The largest absolute Gasteiger partial charge is 0.496 e. The van der Waals surface area contributed by atoms with Crippen LogP contribution in [-0.2, 0) is 11.3 Å². The summed E-state index contributed by atoms with van der Waals surface area (Å²) in [6.07, 6.45) is 3.96. The van der Waals surface area contributed by atoms with Crippen LogP contribution in [0.25, 0.3) is 0 Å². The molecule has 2 rings (SSSR count). The molecule has 0 saturated heterocycles. The smallest absolute Gasteiger partial charge is 0.230 e. The molecule has 0 radical (unpaired) electrons. The number of aliphatic imine (C=N–C) groups is 1. The normalized spacial score (nSPS) is 15.1. The number of guanidine groups is 1. The van der Waals surface area contributed by atoms with Crippen LogP contribution in [0.2, 0.25) is 0 Å². The van der Waals surface area contributed by atoms with Gasteiger partial charge in [0.1, 0.15) is 5.75 Å². The van der Waals surface area contributed by atoms with Gasteiger partial charge in [0, 0.05) is 45.9 Å². The van der Waals surface area contributed by atoms with E-state index in [4.69, 9.17) is 14.2 Å². The van der Waals surface area contributed by atoms with E-state index in [0.29, 0.717) is 36.3 Å². The van der Waals surface area contributed by atoms with Gasteiger partial charge in [0.25, 0.3) is 0 Å². The summed E-state index contributed by atoms with van der Waals surface area (Å²) < 4.78 is 16.2. The van der Waals surface area contributed by atoms with Gasteiger partial charge in [-0.1, -0.05) is 12.8 Å². The number of halogens is 1. The molecule has 1 aliphatic rings. The fourth-order valence-corrected chi connectivity index (χ4v) is 3.88. The Kier molecular flexibility index (Phi) is 10.5. The first-order chi connectivity index (χ1) is 13.9. The van der Waals surface area contributed by atoms with E-state index in [-0.39, 0.29) is 35.3 Å². The van der Waals surface area contributed by atoms with E-state index in [0.717, 1.165) is 31.2 Å². The van der Waals surface area contributed by atoms with Gasteiger partial charge in [-0.3, -0.25) is 9.79 Å². The van der Waals surface area contributed by atoms with Crippen molar-refractivity contribution in [3.63, 3.8) is 0 Å². The summed E-state index contributed by atoms with van der Waals surface area (Å²) >= 11 is 0. The fourth-order valence-electron chi connectivity index (χ4n) is 3.88. The Morgan fingerprint density at radius 3 is 2.10 bits per heavy atom. The van der Waals surface area contributed by atoms with Crippen LogP contribution in [0.1, 0.15) is 31.2 Å². The topological polar surface area (TPSA) is 84.4 Å². The number of hydrogen-bond acceptors (Lipinski definition) is 5. The lowest BCUT2D eigenvalue weighted by Crippen LogP contribution is -2.49. The van der Waals surface area contributed by atoms with Crippen molar-refractivity contribution >= 4 is 35.8 Å². The average molecular weight is 534 g/mol. The van der Waals surface area contributed by atoms with Crippen LogP contribution in [0.15, 0.2) is 17.1 Å². The summed E-state index contributed by atoms with van der Waals surface area (Å²) in [7, 11) is 10.2. The third-order valence-corrected chi connectivity index (χ3v) is 5.47. The number of rotatable bonds is 8. The molecule has 0 bridgehead atoms. The number of carbonyl (C=O) groups is 1.